The molecule has 0 saturated carbocycles. The van der Waals surface area contributed by atoms with Crippen LogP contribution in [-0.2, 0) is 4.79 Å². The standard InChI is InChI=1S/C22H26N2O2S/c1-7-10-23-20(25)19(27-21(23)26)12-16-8-9-18-17(11-16)15(4)13-22(5,6)24(18)14(2)3/h1,8-9,11-12,14-15H,10,13H2,2-6H3/b19-12-/t15-/m0/s1. The molecule has 1 saturated heterocycles. The summed E-state index contributed by atoms with van der Waals surface area (Å²) in [5.74, 6) is 2.48. The summed E-state index contributed by atoms with van der Waals surface area (Å²) >= 11 is 0.953. The van der Waals surface area contributed by atoms with Gasteiger partial charge in [-0.05, 0) is 81.1 Å². The molecule has 2 amide bonds. The summed E-state index contributed by atoms with van der Waals surface area (Å²) in [5, 5.41) is -0.303. The molecule has 1 aromatic carbocycles. The van der Waals surface area contributed by atoms with E-state index < -0.39 is 0 Å². The van der Waals surface area contributed by atoms with Gasteiger partial charge in [0.05, 0.1) is 11.4 Å². The van der Waals surface area contributed by atoms with Crippen LogP contribution in [0.1, 0.15) is 58.1 Å². The molecule has 3 rings (SSSR count). The maximum absolute atomic E-state index is 12.4. The molecule has 4 nitrogen and oxygen atoms in total. The van der Waals surface area contributed by atoms with Crippen LogP contribution >= 0.6 is 11.8 Å². The minimum atomic E-state index is -0.307. The van der Waals surface area contributed by atoms with Gasteiger partial charge in [0.25, 0.3) is 11.1 Å². The molecule has 2 aliphatic heterocycles. The Balaban J connectivity index is 1.98. The van der Waals surface area contributed by atoms with Crippen LogP contribution in [0, 0.1) is 12.3 Å². The minimum absolute atomic E-state index is 0.0155. The Bertz CT molecular complexity index is 864. The van der Waals surface area contributed by atoms with Crippen molar-refractivity contribution in [3.05, 3.63) is 34.2 Å². The Morgan fingerprint density at radius 3 is 2.70 bits per heavy atom. The van der Waals surface area contributed by atoms with Crippen molar-refractivity contribution in [2.24, 2.45) is 0 Å². The van der Waals surface area contributed by atoms with E-state index in [4.69, 9.17) is 6.42 Å². The molecule has 0 aliphatic carbocycles. The predicted octanol–water partition coefficient (Wildman–Crippen LogP) is 4.86. The summed E-state index contributed by atoms with van der Waals surface area (Å²) in [6.07, 6.45) is 8.12. The predicted molar refractivity (Wildman–Crippen MR) is 113 cm³/mol. The topological polar surface area (TPSA) is 40.6 Å². The first-order valence-electron chi connectivity index (χ1n) is 9.28. The fourth-order valence-electron chi connectivity index (χ4n) is 4.42. The number of amides is 2. The number of imide groups is 1. The van der Waals surface area contributed by atoms with E-state index in [0.29, 0.717) is 16.9 Å². The smallest absolute Gasteiger partial charge is 0.294 e. The van der Waals surface area contributed by atoms with Crippen LogP contribution in [0.2, 0.25) is 0 Å². The zero-order chi connectivity index (χ0) is 19.9. The fraction of sp³-hybridized carbons (Fsp3) is 0.455. The van der Waals surface area contributed by atoms with E-state index in [1.807, 2.05) is 6.07 Å². The Labute approximate surface area is 166 Å². The van der Waals surface area contributed by atoms with Crippen LogP contribution in [0.3, 0.4) is 0 Å². The van der Waals surface area contributed by atoms with Crippen molar-refractivity contribution in [2.45, 2.75) is 58.5 Å². The van der Waals surface area contributed by atoms with Gasteiger partial charge in [-0.2, -0.15) is 0 Å². The van der Waals surface area contributed by atoms with Gasteiger partial charge in [-0.25, -0.2) is 0 Å². The Morgan fingerprint density at radius 1 is 1.37 bits per heavy atom. The van der Waals surface area contributed by atoms with E-state index in [-0.39, 0.29) is 23.2 Å². The highest BCUT2D eigenvalue weighted by atomic mass is 32.2. The molecule has 1 aromatic rings. The molecule has 5 heteroatoms. The normalized spacial score (nSPS) is 23.1. The minimum Gasteiger partial charge on any atom is -0.364 e. The number of terminal acetylenes is 1. The van der Waals surface area contributed by atoms with Gasteiger partial charge in [0.2, 0.25) is 0 Å². The third-order valence-electron chi connectivity index (χ3n) is 5.24. The number of carbonyl (C=O) groups is 2. The van der Waals surface area contributed by atoms with E-state index in [1.165, 1.54) is 11.3 Å². The van der Waals surface area contributed by atoms with E-state index in [9.17, 15) is 9.59 Å². The highest BCUT2D eigenvalue weighted by Gasteiger charge is 2.38. The quantitative estimate of drug-likeness (QED) is 0.553. The molecule has 0 spiro atoms. The highest BCUT2D eigenvalue weighted by molar-refractivity contribution is 8.18. The van der Waals surface area contributed by atoms with Crippen molar-refractivity contribution < 1.29 is 9.59 Å². The molecule has 27 heavy (non-hydrogen) atoms. The van der Waals surface area contributed by atoms with Crippen molar-refractivity contribution >= 4 is 34.7 Å². The Kier molecular flexibility index (Phi) is 5.14. The van der Waals surface area contributed by atoms with Crippen molar-refractivity contribution in [3.8, 4) is 12.3 Å². The number of thioether (sulfide) groups is 1. The second kappa shape index (κ2) is 7.09. The van der Waals surface area contributed by atoms with Gasteiger partial charge in [0.15, 0.2) is 0 Å². The summed E-state index contributed by atoms with van der Waals surface area (Å²) in [7, 11) is 0. The number of benzene rings is 1. The van der Waals surface area contributed by atoms with Crippen LogP contribution in [0.15, 0.2) is 23.1 Å². The monoisotopic (exact) mass is 382 g/mol. The van der Waals surface area contributed by atoms with E-state index in [0.717, 1.165) is 28.6 Å². The largest absolute Gasteiger partial charge is 0.364 e. The van der Waals surface area contributed by atoms with Crippen LogP contribution < -0.4 is 4.90 Å². The molecule has 0 N–H and O–H groups in total. The van der Waals surface area contributed by atoms with E-state index >= 15 is 0 Å². The summed E-state index contributed by atoms with van der Waals surface area (Å²) < 4.78 is 0. The van der Waals surface area contributed by atoms with Crippen molar-refractivity contribution in [1.29, 1.82) is 0 Å². The number of anilines is 1. The van der Waals surface area contributed by atoms with Gasteiger partial charge < -0.3 is 4.90 Å². The number of rotatable bonds is 3. The first-order chi connectivity index (χ1) is 12.7. The molecule has 1 atom stereocenters. The second-order valence-corrected chi connectivity index (χ2v) is 9.16. The zero-order valence-corrected chi connectivity index (χ0v) is 17.4. The molecule has 0 bridgehead atoms. The lowest BCUT2D eigenvalue weighted by Crippen LogP contribution is -2.51. The van der Waals surface area contributed by atoms with Gasteiger partial charge >= 0.3 is 0 Å². The first-order valence-corrected chi connectivity index (χ1v) is 10.1. The lowest BCUT2D eigenvalue weighted by atomic mass is 9.79. The van der Waals surface area contributed by atoms with E-state index in [2.05, 4.69) is 57.6 Å². The van der Waals surface area contributed by atoms with Gasteiger partial charge in [-0.1, -0.05) is 18.9 Å². The van der Waals surface area contributed by atoms with Gasteiger partial charge in [0, 0.05) is 17.3 Å². The van der Waals surface area contributed by atoms with Crippen LogP contribution in [0.5, 0.6) is 0 Å². The van der Waals surface area contributed by atoms with Crippen LogP contribution in [0.25, 0.3) is 6.08 Å². The maximum Gasteiger partial charge on any atom is 0.294 e. The Hall–Kier alpha value is -2.19. The lowest BCUT2D eigenvalue weighted by molar-refractivity contribution is -0.122. The molecular weight excluding hydrogens is 356 g/mol. The van der Waals surface area contributed by atoms with Crippen LogP contribution in [0.4, 0.5) is 10.5 Å². The molecule has 142 valence electrons. The lowest BCUT2D eigenvalue weighted by Gasteiger charge is -2.50. The average Bonchev–Trinajstić information content (AvgIpc) is 2.82. The molecular formula is C22H26N2O2S. The number of hydrogen-bond acceptors (Lipinski definition) is 4. The SMILES string of the molecule is C#CCN1C(=O)S/C(=C\c2ccc3c(c2)[C@@H](C)CC(C)(C)N3C(C)C)C1=O. The summed E-state index contributed by atoms with van der Waals surface area (Å²) in [4.78, 5) is 28.4. The molecule has 0 unspecified atom stereocenters. The third kappa shape index (κ3) is 3.51. The Morgan fingerprint density at radius 2 is 2.07 bits per heavy atom. The summed E-state index contributed by atoms with van der Waals surface area (Å²) in [5.41, 5.74) is 3.58. The molecule has 0 radical (unpaired) electrons. The molecule has 1 fully saturated rings. The van der Waals surface area contributed by atoms with Gasteiger partial charge in [-0.3, -0.25) is 14.5 Å². The van der Waals surface area contributed by atoms with Gasteiger partial charge in [0.1, 0.15) is 0 Å². The van der Waals surface area contributed by atoms with Crippen molar-refractivity contribution in [1.82, 2.24) is 4.90 Å². The summed E-state index contributed by atoms with van der Waals surface area (Å²) in [6.45, 7) is 11.3. The summed E-state index contributed by atoms with van der Waals surface area (Å²) in [6, 6.07) is 6.72. The van der Waals surface area contributed by atoms with Gasteiger partial charge in [-0.15, -0.1) is 6.42 Å². The average molecular weight is 383 g/mol. The fourth-order valence-corrected chi connectivity index (χ4v) is 5.25. The molecule has 2 heterocycles. The first kappa shape index (κ1) is 19.6. The third-order valence-corrected chi connectivity index (χ3v) is 6.14. The zero-order valence-electron chi connectivity index (χ0n) is 16.6. The van der Waals surface area contributed by atoms with Crippen molar-refractivity contribution in [2.75, 3.05) is 11.4 Å². The molecule has 2 aliphatic rings. The number of nitrogens with zero attached hydrogens (tertiary/aromatic N) is 2. The second-order valence-electron chi connectivity index (χ2n) is 8.17. The maximum atomic E-state index is 12.4. The van der Waals surface area contributed by atoms with Crippen molar-refractivity contribution in [3.63, 3.8) is 0 Å². The highest BCUT2D eigenvalue weighted by Crippen LogP contribution is 2.45. The number of hydrogen-bond donors (Lipinski definition) is 0. The number of fused-ring (bicyclic) bond motifs is 1. The van der Waals surface area contributed by atoms with E-state index in [1.54, 1.807) is 6.08 Å². The number of carbonyl (C=O) groups excluding carboxylic acids is 2. The van der Waals surface area contributed by atoms with Crippen LogP contribution in [-0.4, -0.2) is 34.2 Å². The molecule has 0 aromatic heterocycles.